The van der Waals surface area contributed by atoms with E-state index < -0.39 is 5.60 Å². The van der Waals surface area contributed by atoms with E-state index >= 15 is 0 Å². The first-order valence-corrected chi connectivity index (χ1v) is 7.22. The Kier molecular flexibility index (Phi) is 6.59. The normalized spacial score (nSPS) is 11.6. The zero-order valence-corrected chi connectivity index (χ0v) is 13.0. The Morgan fingerprint density at radius 3 is 2.50 bits per heavy atom. The van der Waals surface area contributed by atoms with Gasteiger partial charge in [-0.05, 0) is 38.3 Å². The first-order chi connectivity index (χ1) is 9.40. The Hall–Kier alpha value is -1.48. The molecule has 0 unspecified atom stereocenters. The highest BCUT2D eigenvalue weighted by Crippen LogP contribution is 2.09. The molecule has 1 rings (SSSR count). The molecule has 1 amide bonds. The molecule has 0 bridgehead atoms. The van der Waals surface area contributed by atoms with Crippen molar-refractivity contribution in [2.75, 3.05) is 6.54 Å². The van der Waals surface area contributed by atoms with Crippen LogP contribution in [0.25, 0.3) is 6.08 Å². The number of nitrogens with one attached hydrogen (secondary N) is 1. The van der Waals surface area contributed by atoms with E-state index in [1.165, 1.54) is 0 Å². The maximum Gasteiger partial charge on any atom is 0.407 e. The second-order valence-electron chi connectivity index (χ2n) is 5.49. The number of hydrogen-bond donors (Lipinski definition) is 1. The van der Waals surface area contributed by atoms with Crippen molar-refractivity contribution in [2.24, 2.45) is 0 Å². The quantitative estimate of drug-likeness (QED) is 0.648. The number of rotatable bonds is 5. The van der Waals surface area contributed by atoms with Crippen molar-refractivity contribution in [1.82, 2.24) is 5.32 Å². The Labute approximate surface area is 126 Å². The number of carbonyl (C=O) groups is 1. The minimum Gasteiger partial charge on any atom is -0.444 e. The average Bonchev–Trinajstić information content (AvgIpc) is 2.37. The van der Waals surface area contributed by atoms with E-state index in [1.807, 2.05) is 57.2 Å². The molecule has 1 N–H and O–H groups in total. The van der Waals surface area contributed by atoms with Crippen LogP contribution < -0.4 is 5.32 Å². The number of halogens is 1. The van der Waals surface area contributed by atoms with Gasteiger partial charge in [0, 0.05) is 12.4 Å². The third kappa shape index (κ3) is 7.19. The topological polar surface area (TPSA) is 38.3 Å². The van der Waals surface area contributed by atoms with Crippen LogP contribution in [0.15, 0.2) is 30.3 Å². The number of carbonyl (C=O) groups excluding carboxylic acids is 1. The largest absolute Gasteiger partial charge is 0.444 e. The van der Waals surface area contributed by atoms with Crippen LogP contribution in [0.5, 0.6) is 0 Å². The van der Waals surface area contributed by atoms with Crippen LogP contribution in [0, 0.1) is 0 Å². The molecule has 0 heterocycles. The number of amides is 1. The van der Waals surface area contributed by atoms with Gasteiger partial charge in [0.25, 0.3) is 0 Å². The second-order valence-corrected chi connectivity index (χ2v) is 5.76. The zero-order chi connectivity index (χ0) is 15.0. The van der Waals surface area contributed by atoms with Crippen LogP contribution >= 0.6 is 11.6 Å². The summed E-state index contributed by atoms with van der Waals surface area (Å²) in [5.74, 6) is 0.532. The fraction of sp³-hybridized carbons (Fsp3) is 0.438. The summed E-state index contributed by atoms with van der Waals surface area (Å²) in [4.78, 5) is 11.4. The lowest BCUT2D eigenvalue weighted by molar-refractivity contribution is 0.0529. The van der Waals surface area contributed by atoms with Gasteiger partial charge in [-0.15, -0.1) is 11.6 Å². The predicted molar refractivity (Wildman–Crippen MR) is 83.9 cm³/mol. The number of alkyl halides is 1. The highest BCUT2D eigenvalue weighted by Gasteiger charge is 2.14. The maximum absolute atomic E-state index is 11.4. The van der Waals surface area contributed by atoms with Gasteiger partial charge in [-0.1, -0.05) is 36.4 Å². The van der Waals surface area contributed by atoms with Gasteiger partial charge in [-0.2, -0.15) is 0 Å². The van der Waals surface area contributed by atoms with Crippen molar-refractivity contribution < 1.29 is 9.53 Å². The predicted octanol–water partition coefficient (Wildman–Crippen LogP) is 4.35. The molecule has 0 saturated heterocycles. The lowest BCUT2D eigenvalue weighted by Crippen LogP contribution is -2.32. The minimum atomic E-state index is -0.454. The summed E-state index contributed by atoms with van der Waals surface area (Å²) in [7, 11) is 0. The fourth-order valence-electron chi connectivity index (χ4n) is 1.51. The zero-order valence-electron chi connectivity index (χ0n) is 12.3. The van der Waals surface area contributed by atoms with Crippen LogP contribution in [-0.4, -0.2) is 18.2 Å². The summed E-state index contributed by atoms with van der Waals surface area (Å²) in [5, 5.41) is 2.71. The Morgan fingerprint density at radius 2 is 1.95 bits per heavy atom. The van der Waals surface area contributed by atoms with Crippen molar-refractivity contribution in [1.29, 1.82) is 0 Å². The highest BCUT2D eigenvalue weighted by atomic mass is 35.5. The molecule has 1 aromatic carbocycles. The smallest absolute Gasteiger partial charge is 0.407 e. The first kappa shape index (κ1) is 16.6. The van der Waals surface area contributed by atoms with Gasteiger partial charge < -0.3 is 10.1 Å². The molecule has 0 aliphatic heterocycles. The Morgan fingerprint density at radius 1 is 1.30 bits per heavy atom. The van der Waals surface area contributed by atoms with Gasteiger partial charge in [0.15, 0.2) is 0 Å². The molecule has 1 aromatic rings. The van der Waals surface area contributed by atoms with E-state index in [0.29, 0.717) is 12.4 Å². The molecule has 4 heteroatoms. The molecular weight excluding hydrogens is 274 g/mol. The Bertz CT molecular complexity index is 447. The van der Waals surface area contributed by atoms with Crippen molar-refractivity contribution in [2.45, 2.75) is 38.7 Å². The highest BCUT2D eigenvalue weighted by molar-refractivity contribution is 6.17. The van der Waals surface area contributed by atoms with E-state index in [0.717, 1.165) is 17.5 Å². The van der Waals surface area contributed by atoms with Crippen molar-refractivity contribution >= 4 is 23.8 Å². The number of benzene rings is 1. The van der Waals surface area contributed by atoms with E-state index in [9.17, 15) is 4.79 Å². The van der Waals surface area contributed by atoms with Gasteiger partial charge in [0.1, 0.15) is 5.60 Å². The standard InChI is InChI=1S/C16H22ClNO2/c1-16(2,3)20-15(19)18-11-5-4-6-13-7-9-14(12-17)10-8-13/h4,6-10H,5,11-12H2,1-3H3,(H,18,19). The summed E-state index contributed by atoms with van der Waals surface area (Å²) >= 11 is 5.73. The fourth-order valence-corrected chi connectivity index (χ4v) is 1.69. The van der Waals surface area contributed by atoms with E-state index in [-0.39, 0.29) is 6.09 Å². The third-order valence-corrected chi connectivity index (χ3v) is 2.73. The van der Waals surface area contributed by atoms with Crippen molar-refractivity contribution in [3.63, 3.8) is 0 Å². The molecule has 0 spiro atoms. The minimum absolute atomic E-state index is 0.377. The lowest BCUT2D eigenvalue weighted by atomic mass is 10.1. The van der Waals surface area contributed by atoms with Gasteiger partial charge in [-0.25, -0.2) is 4.79 Å². The SMILES string of the molecule is CC(C)(C)OC(=O)NCCC=Cc1ccc(CCl)cc1. The number of ether oxygens (including phenoxy) is 1. The summed E-state index contributed by atoms with van der Waals surface area (Å²) in [6.07, 6.45) is 4.43. The van der Waals surface area contributed by atoms with E-state index in [2.05, 4.69) is 5.32 Å². The second kappa shape index (κ2) is 7.95. The van der Waals surface area contributed by atoms with Crippen LogP contribution in [0.1, 0.15) is 38.3 Å². The van der Waals surface area contributed by atoms with Gasteiger partial charge in [0.05, 0.1) is 0 Å². The summed E-state index contributed by atoms with van der Waals surface area (Å²) in [5.41, 5.74) is 1.77. The molecule has 110 valence electrons. The molecule has 0 radical (unpaired) electrons. The van der Waals surface area contributed by atoms with Crippen LogP contribution in [-0.2, 0) is 10.6 Å². The molecule has 0 saturated carbocycles. The molecule has 0 atom stereocenters. The maximum atomic E-state index is 11.4. The first-order valence-electron chi connectivity index (χ1n) is 6.69. The van der Waals surface area contributed by atoms with Gasteiger partial charge >= 0.3 is 6.09 Å². The van der Waals surface area contributed by atoms with Crippen molar-refractivity contribution in [3.05, 3.63) is 41.5 Å². The Balaban J connectivity index is 2.26. The average molecular weight is 296 g/mol. The molecule has 20 heavy (non-hydrogen) atoms. The van der Waals surface area contributed by atoms with Gasteiger partial charge in [0.2, 0.25) is 0 Å². The lowest BCUT2D eigenvalue weighted by Gasteiger charge is -2.19. The van der Waals surface area contributed by atoms with Crippen LogP contribution in [0.4, 0.5) is 4.79 Å². The molecule has 0 aliphatic rings. The molecule has 0 aromatic heterocycles. The molecular formula is C16H22ClNO2. The van der Waals surface area contributed by atoms with E-state index in [1.54, 1.807) is 0 Å². The summed E-state index contributed by atoms with van der Waals surface area (Å²) in [6.45, 7) is 6.09. The molecule has 0 aliphatic carbocycles. The van der Waals surface area contributed by atoms with Gasteiger partial charge in [-0.3, -0.25) is 0 Å². The molecule has 3 nitrogen and oxygen atoms in total. The summed E-state index contributed by atoms with van der Waals surface area (Å²) < 4.78 is 5.14. The number of alkyl carbamates (subject to hydrolysis) is 1. The molecule has 0 fully saturated rings. The third-order valence-electron chi connectivity index (χ3n) is 2.42. The van der Waals surface area contributed by atoms with Crippen molar-refractivity contribution in [3.8, 4) is 0 Å². The van der Waals surface area contributed by atoms with E-state index in [4.69, 9.17) is 16.3 Å². The van der Waals surface area contributed by atoms with Crippen LogP contribution in [0.3, 0.4) is 0 Å². The summed E-state index contributed by atoms with van der Waals surface area (Å²) in [6, 6.07) is 8.06. The van der Waals surface area contributed by atoms with Crippen LogP contribution in [0.2, 0.25) is 0 Å². The monoisotopic (exact) mass is 295 g/mol. The number of hydrogen-bond acceptors (Lipinski definition) is 2.